The van der Waals surface area contributed by atoms with Crippen molar-refractivity contribution in [2.75, 3.05) is 18.5 Å². The molecule has 0 radical (unpaired) electrons. The first-order valence-electron chi connectivity index (χ1n) is 6.98. The molecule has 0 unspecified atom stereocenters. The van der Waals surface area contributed by atoms with E-state index in [1.807, 2.05) is 6.92 Å². The van der Waals surface area contributed by atoms with Crippen molar-refractivity contribution in [3.05, 3.63) is 21.2 Å². The van der Waals surface area contributed by atoms with Crippen LogP contribution in [0, 0.1) is 0 Å². The number of anilines is 1. The lowest BCUT2D eigenvalue weighted by Crippen LogP contribution is -2.29. The molecule has 2 aromatic rings. The minimum Gasteiger partial charge on any atom is -0.381 e. The monoisotopic (exact) mass is 309 g/mol. The Morgan fingerprint density at radius 1 is 1.33 bits per heavy atom. The van der Waals surface area contributed by atoms with Gasteiger partial charge in [-0.25, -0.2) is 15.1 Å². The summed E-state index contributed by atoms with van der Waals surface area (Å²) in [7, 11) is 0. The van der Waals surface area contributed by atoms with Crippen LogP contribution >= 0.6 is 11.6 Å². The van der Waals surface area contributed by atoms with E-state index in [4.69, 9.17) is 16.3 Å². The first kappa shape index (κ1) is 14.2. The Morgan fingerprint density at radius 2 is 2.10 bits per heavy atom. The van der Waals surface area contributed by atoms with Gasteiger partial charge in [-0.05, 0) is 19.3 Å². The second-order valence-electron chi connectivity index (χ2n) is 4.94. The highest BCUT2D eigenvalue weighted by atomic mass is 35.5. The van der Waals surface area contributed by atoms with Crippen LogP contribution in [-0.4, -0.2) is 39.4 Å². The number of aromatic nitrogens is 4. The Morgan fingerprint density at radius 3 is 2.81 bits per heavy atom. The van der Waals surface area contributed by atoms with E-state index in [2.05, 4.69) is 25.5 Å². The van der Waals surface area contributed by atoms with Crippen LogP contribution in [0.25, 0.3) is 11.0 Å². The molecule has 0 saturated carbocycles. The molecule has 1 saturated heterocycles. The van der Waals surface area contributed by atoms with E-state index in [1.165, 1.54) is 0 Å². The first-order valence-corrected chi connectivity index (χ1v) is 7.36. The summed E-state index contributed by atoms with van der Waals surface area (Å²) < 4.78 is 5.34. The largest absolute Gasteiger partial charge is 0.381 e. The molecule has 2 aromatic heterocycles. The normalized spacial score (nSPS) is 16.3. The van der Waals surface area contributed by atoms with E-state index in [0.29, 0.717) is 17.8 Å². The lowest BCUT2D eigenvalue weighted by atomic mass is 10.1. The van der Waals surface area contributed by atoms with Crippen molar-refractivity contribution in [3.63, 3.8) is 0 Å². The maximum absolute atomic E-state index is 11.8. The highest BCUT2D eigenvalue weighted by Crippen LogP contribution is 2.21. The molecule has 1 fully saturated rings. The summed E-state index contributed by atoms with van der Waals surface area (Å²) in [6.45, 7) is 3.45. The van der Waals surface area contributed by atoms with Crippen LogP contribution in [0.5, 0.6) is 0 Å². The van der Waals surface area contributed by atoms with Gasteiger partial charge in [-0.1, -0.05) is 18.5 Å². The van der Waals surface area contributed by atoms with Gasteiger partial charge in [-0.3, -0.25) is 4.79 Å². The average molecular weight is 310 g/mol. The van der Waals surface area contributed by atoms with Crippen molar-refractivity contribution in [1.82, 2.24) is 20.2 Å². The number of ether oxygens (including phenoxy) is 1. The number of aryl methyl sites for hydroxylation is 1. The predicted molar refractivity (Wildman–Crippen MR) is 79.8 cm³/mol. The van der Waals surface area contributed by atoms with E-state index < -0.39 is 0 Å². The fourth-order valence-electron chi connectivity index (χ4n) is 2.38. The van der Waals surface area contributed by atoms with Crippen LogP contribution in [-0.2, 0) is 11.2 Å². The summed E-state index contributed by atoms with van der Waals surface area (Å²) in [5, 5.41) is 9.57. The third-order valence-electron chi connectivity index (χ3n) is 3.53. The van der Waals surface area contributed by atoms with Crippen LogP contribution in [0.3, 0.4) is 0 Å². The number of nitrogens with one attached hydrogen (secondary N) is 2. The Bertz CT molecular complexity index is 712. The van der Waals surface area contributed by atoms with Crippen molar-refractivity contribution in [3.8, 4) is 0 Å². The van der Waals surface area contributed by atoms with Crippen LogP contribution in [0.15, 0.2) is 4.79 Å². The minimum atomic E-state index is -0.389. The summed E-state index contributed by atoms with van der Waals surface area (Å²) in [5.41, 5.74) is 0.944. The SMILES string of the molecule is CCc1nc2c(Cl)n[nH]c(=O)c2nc1NC1CCOCC1. The van der Waals surface area contributed by atoms with Gasteiger partial charge in [0.25, 0.3) is 5.56 Å². The van der Waals surface area contributed by atoms with Gasteiger partial charge in [0.05, 0.1) is 5.69 Å². The van der Waals surface area contributed by atoms with Crippen LogP contribution in [0.4, 0.5) is 5.82 Å². The fraction of sp³-hybridized carbons (Fsp3) is 0.538. The van der Waals surface area contributed by atoms with E-state index in [9.17, 15) is 4.79 Å². The predicted octanol–water partition coefficient (Wildman–Crippen LogP) is 1.52. The van der Waals surface area contributed by atoms with Crippen LogP contribution in [0.2, 0.25) is 5.15 Å². The molecule has 0 spiro atoms. The molecule has 1 aliphatic heterocycles. The van der Waals surface area contributed by atoms with Crippen molar-refractivity contribution in [1.29, 1.82) is 0 Å². The van der Waals surface area contributed by atoms with Crippen LogP contribution < -0.4 is 10.9 Å². The Hall–Kier alpha value is -1.73. The molecule has 0 bridgehead atoms. The molecular weight excluding hydrogens is 294 g/mol. The van der Waals surface area contributed by atoms with Gasteiger partial charge in [0.1, 0.15) is 11.3 Å². The first-order chi connectivity index (χ1) is 10.2. The summed E-state index contributed by atoms with van der Waals surface area (Å²) in [5.74, 6) is 0.643. The second-order valence-corrected chi connectivity index (χ2v) is 5.30. The molecule has 8 heteroatoms. The van der Waals surface area contributed by atoms with Crippen molar-refractivity contribution in [2.24, 2.45) is 0 Å². The lowest BCUT2D eigenvalue weighted by molar-refractivity contribution is 0.0903. The number of nitrogens with zero attached hydrogens (tertiary/aromatic N) is 3. The van der Waals surface area contributed by atoms with Crippen molar-refractivity contribution >= 4 is 28.5 Å². The van der Waals surface area contributed by atoms with Crippen molar-refractivity contribution < 1.29 is 4.74 Å². The zero-order chi connectivity index (χ0) is 14.8. The molecule has 21 heavy (non-hydrogen) atoms. The second kappa shape index (κ2) is 5.95. The summed E-state index contributed by atoms with van der Waals surface area (Å²) >= 11 is 5.98. The van der Waals surface area contributed by atoms with E-state index >= 15 is 0 Å². The maximum atomic E-state index is 11.8. The maximum Gasteiger partial charge on any atom is 0.292 e. The Kier molecular flexibility index (Phi) is 4.03. The Balaban J connectivity index is 2.04. The number of hydrogen-bond donors (Lipinski definition) is 2. The zero-order valence-electron chi connectivity index (χ0n) is 11.6. The summed E-state index contributed by atoms with van der Waals surface area (Å²) in [4.78, 5) is 20.7. The number of fused-ring (bicyclic) bond motifs is 1. The third-order valence-corrected chi connectivity index (χ3v) is 3.79. The molecule has 1 aliphatic rings. The zero-order valence-corrected chi connectivity index (χ0v) is 12.4. The lowest BCUT2D eigenvalue weighted by Gasteiger charge is -2.24. The van der Waals surface area contributed by atoms with Crippen LogP contribution in [0.1, 0.15) is 25.5 Å². The average Bonchev–Trinajstić information content (AvgIpc) is 2.52. The fourth-order valence-corrected chi connectivity index (χ4v) is 2.55. The van der Waals surface area contributed by atoms with Gasteiger partial charge in [0.15, 0.2) is 10.7 Å². The number of H-pyrrole nitrogens is 1. The number of hydrogen-bond acceptors (Lipinski definition) is 6. The van der Waals surface area contributed by atoms with E-state index in [1.54, 1.807) is 0 Å². The number of aromatic amines is 1. The van der Waals surface area contributed by atoms with Gasteiger partial charge in [0, 0.05) is 19.3 Å². The number of halogens is 1. The quantitative estimate of drug-likeness (QED) is 0.893. The number of rotatable bonds is 3. The van der Waals surface area contributed by atoms with Gasteiger partial charge in [-0.2, -0.15) is 5.10 Å². The summed E-state index contributed by atoms with van der Waals surface area (Å²) in [6, 6.07) is 0.284. The van der Waals surface area contributed by atoms with E-state index in [0.717, 1.165) is 31.7 Å². The molecule has 0 amide bonds. The minimum absolute atomic E-state index is 0.157. The van der Waals surface area contributed by atoms with Gasteiger partial charge in [0.2, 0.25) is 0 Å². The molecule has 3 rings (SSSR count). The molecule has 3 heterocycles. The van der Waals surface area contributed by atoms with E-state index in [-0.39, 0.29) is 22.3 Å². The molecule has 0 atom stereocenters. The summed E-state index contributed by atoms with van der Waals surface area (Å²) in [6.07, 6.45) is 2.52. The molecular formula is C13H16ClN5O2. The van der Waals surface area contributed by atoms with Crippen molar-refractivity contribution in [2.45, 2.75) is 32.2 Å². The smallest absolute Gasteiger partial charge is 0.292 e. The standard InChI is InChI=1S/C13H16ClN5O2/c1-2-8-12(15-7-3-5-21-6-4-7)17-10-9(16-8)11(14)18-19-13(10)20/h7H,2-6H2,1H3,(H,15,17)(H,19,20). The molecule has 0 aliphatic carbocycles. The topological polar surface area (TPSA) is 92.8 Å². The molecule has 2 N–H and O–H groups in total. The molecule has 112 valence electrons. The molecule has 7 nitrogen and oxygen atoms in total. The van der Waals surface area contributed by atoms with Gasteiger partial charge >= 0.3 is 0 Å². The highest BCUT2D eigenvalue weighted by Gasteiger charge is 2.18. The third kappa shape index (κ3) is 2.84. The molecule has 0 aromatic carbocycles. The Labute approximate surface area is 126 Å². The van der Waals surface area contributed by atoms with Gasteiger partial charge in [-0.15, -0.1) is 0 Å². The highest BCUT2D eigenvalue weighted by molar-refractivity contribution is 6.33. The van der Waals surface area contributed by atoms with Gasteiger partial charge < -0.3 is 10.1 Å².